The van der Waals surface area contributed by atoms with E-state index >= 15 is 0 Å². The van der Waals surface area contributed by atoms with Gasteiger partial charge < -0.3 is 10.2 Å². The maximum Gasteiger partial charge on any atom is 0.128 e. The van der Waals surface area contributed by atoms with Gasteiger partial charge in [-0.3, -0.25) is 0 Å². The minimum absolute atomic E-state index is 0.527. The molecule has 1 aromatic heterocycles. The van der Waals surface area contributed by atoms with E-state index in [1.54, 1.807) is 0 Å². The van der Waals surface area contributed by atoms with Crippen molar-refractivity contribution in [3.63, 3.8) is 0 Å². The van der Waals surface area contributed by atoms with Crippen molar-refractivity contribution in [1.82, 2.24) is 10.3 Å². The summed E-state index contributed by atoms with van der Waals surface area (Å²) in [5, 5.41) is 3.58. The molecule has 1 aliphatic heterocycles. The third kappa shape index (κ3) is 4.55. The van der Waals surface area contributed by atoms with Crippen molar-refractivity contribution in [1.29, 1.82) is 0 Å². The average Bonchev–Trinajstić information content (AvgIpc) is 2.63. The fourth-order valence-electron chi connectivity index (χ4n) is 3.20. The van der Waals surface area contributed by atoms with Crippen LogP contribution in [0, 0.1) is 0 Å². The van der Waals surface area contributed by atoms with Gasteiger partial charge in [-0.25, -0.2) is 4.98 Å². The molecule has 2 aromatic rings. The van der Waals surface area contributed by atoms with E-state index in [4.69, 9.17) is 0 Å². The zero-order valence-corrected chi connectivity index (χ0v) is 14.0. The molecule has 1 aromatic carbocycles. The first kappa shape index (κ1) is 16.0. The molecular formula is C20H27N3. The van der Waals surface area contributed by atoms with Gasteiger partial charge in [-0.2, -0.15) is 0 Å². The summed E-state index contributed by atoms with van der Waals surface area (Å²) < 4.78 is 0. The van der Waals surface area contributed by atoms with Gasteiger partial charge >= 0.3 is 0 Å². The smallest absolute Gasteiger partial charge is 0.128 e. The number of rotatable bonds is 6. The van der Waals surface area contributed by atoms with Crippen molar-refractivity contribution in [3.05, 3.63) is 59.8 Å². The first-order chi connectivity index (χ1) is 11.3. The van der Waals surface area contributed by atoms with Crippen LogP contribution in [0.15, 0.2) is 48.7 Å². The summed E-state index contributed by atoms with van der Waals surface area (Å²) in [7, 11) is 0. The van der Waals surface area contributed by atoms with Crippen LogP contribution >= 0.6 is 0 Å². The van der Waals surface area contributed by atoms with Crippen molar-refractivity contribution in [3.8, 4) is 0 Å². The highest BCUT2D eigenvalue weighted by molar-refractivity contribution is 5.41. The van der Waals surface area contributed by atoms with Gasteiger partial charge in [-0.1, -0.05) is 37.3 Å². The number of hydrogen-bond acceptors (Lipinski definition) is 3. The lowest BCUT2D eigenvalue weighted by Gasteiger charge is -2.28. The maximum atomic E-state index is 4.55. The molecule has 0 saturated carbocycles. The molecular weight excluding hydrogens is 282 g/mol. The summed E-state index contributed by atoms with van der Waals surface area (Å²) in [4.78, 5) is 6.97. The maximum absolute atomic E-state index is 4.55. The molecule has 1 N–H and O–H groups in total. The van der Waals surface area contributed by atoms with E-state index in [0.29, 0.717) is 5.92 Å². The Balaban J connectivity index is 1.52. The van der Waals surface area contributed by atoms with Crippen LogP contribution in [-0.2, 0) is 6.54 Å². The summed E-state index contributed by atoms with van der Waals surface area (Å²) in [6.07, 6.45) is 5.88. The Labute approximate surface area is 139 Å². The van der Waals surface area contributed by atoms with Crippen molar-refractivity contribution in [2.45, 2.75) is 38.6 Å². The lowest BCUT2D eigenvalue weighted by molar-refractivity contribution is 0.572. The van der Waals surface area contributed by atoms with Crippen LogP contribution in [0.2, 0.25) is 0 Å². The third-order valence-electron chi connectivity index (χ3n) is 4.64. The molecule has 0 spiro atoms. The Hall–Kier alpha value is -1.87. The quantitative estimate of drug-likeness (QED) is 0.875. The number of benzene rings is 1. The van der Waals surface area contributed by atoms with Crippen LogP contribution in [0.1, 0.15) is 43.2 Å². The molecule has 1 unspecified atom stereocenters. The second-order valence-electron chi connectivity index (χ2n) is 6.51. The lowest BCUT2D eigenvalue weighted by atomic mass is 10.0. The third-order valence-corrected chi connectivity index (χ3v) is 4.64. The molecule has 2 heterocycles. The van der Waals surface area contributed by atoms with Gasteiger partial charge in [-0.05, 0) is 48.4 Å². The molecule has 1 aliphatic rings. The minimum Gasteiger partial charge on any atom is -0.357 e. The van der Waals surface area contributed by atoms with Crippen LogP contribution in [0.5, 0.6) is 0 Å². The second kappa shape index (κ2) is 8.11. The van der Waals surface area contributed by atoms with Gasteiger partial charge in [0, 0.05) is 32.4 Å². The zero-order chi connectivity index (χ0) is 15.9. The van der Waals surface area contributed by atoms with E-state index in [-0.39, 0.29) is 0 Å². The average molecular weight is 309 g/mol. The number of pyridine rings is 1. The summed E-state index contributed by atoms with van der Waals surface area (Å²) in [6.45, 7) is 6.46. The Bertz CT molecular complexity index is 591. The van der Waals surface area contributed by atoms with E-state index in [1.165, 1.54) is 30.4 Å². The lowest BCUT2D eigenvalue weighted by Crippen LogP contribution is -2.30. The Morgan fingerprint density at radius 1 is 1.09 bits per heavy atom. The molecule has 0 radical (unpaired) electrons. The van der Waals surface area contributed by atoms with E-state index in [0.717, 1.165) is 32.0 Å². The molecule has 1 atom stereocenters. The van der Waals surface area contributed by atoms with Crippen molar-refractivity contribution in [2.75, 3.05) is 24.5 Å². The van der Waals surface area contributed by atoms with E-state index in [9.17, 15) is 0 Å². The van der Waals surface area contributed by atoms with Gasteiger partial charge in [0.2, 0.25) is 0 Å². The number of nitrogens with zero attached hydrogens (tertiary/aromatic N) is 2. The number of anilines is 1. The predicted octanol–water partition coefficient (Wildman–Crippen LogP) is 3.97. The highest BCUT2D eigenvalue weighted by atomic mass is 15.2. The van der Waals surface area contributed by atoms with Crippen LogP contribution in [-0.4, -0.2) is 24.6 Å². The molecule has 0 bridgehead atoms. The van der Waals surface area contributed by atoms with E-state index in [2.05, 4.69) is 64.6 Å². The van der Waals surface area contributed by atoms with Crippen molar-refractivity contribution >= 4 is 5.82 Å². The number of aromatic nitrogens is 1. The summed E-state index contributed by atoms with van der Waals surface area (Å²) in [5.74, 6) is 1.67. The Kier molecular flexibility index (Phi) is 5.65. The topological polar surface area (TPSA) is 28.2 Å². The normalized spacial score (nSPS) is 16.3. The largest absolute Gasteiger partial charge is 0.357 e. The van der Waals surface area contributed by atoms with Gasteiger partial charge in [0.15, 0.2) is 0 Å². The van der Waals surface area contributed by atoms with Crippen LogP contribution in [0.4, 0.5) is 5.82 Å². The van der Waals surface area contributed by atoms with Crippen molar-refractivity contribution < 1.29 is 0 Å². The molecule has 3 rings (SSSR count). The molecule has 23 heavy (non-hydrogen) atoms. The van der Waals surface area contributed by atoms with Gasteiger partial charge in [0.1, 0.15) is 5.82 Å². The first-order valence-corrected chi connectivity index (χ1v) is 8.78. The standard InChI is InChI=1S/C20H27N3/c1-17(19-8-4-2-5-9-19)15-21-16-18-10-11-22-20(14-18)23-12-6-3-7-13-23/h2,4-5,8-11,14,17,21H,3,6-7,12-13,15-16H2,1H3. The Morgan fingerprint density at radius 2 is 1.87 bits per heavy atom. The van der Waals surface area contributed by atoms with Gasteiger partial charge in [0.05, 0.1) is 0 Å². The molecule has 3 nitrogen and oxygen atoms in total. The first-order valence-electron chi connectivity index (χ1n) is 8.78. The molecule has 1 saturated heterocycles. The molecule has 0 aliphatic carbocycles. The molecule has 122 valence electrons. The predicted molar refractivity (Wildman–Crippen MR) is 96.9 cm³/mol. The molecule has 0 amide bonds. The fraction of sp³-hybridized carbons (Fsp3) is 0.450. The summed E-state index contributed by atoms with van der Waals surface area (Å²) >= 11 is 0. The van der Waals surface area contributed by atoms with Crippen LogP contribution in [0.25, 0.3) is 0 Å². The number of piperidine rings is 1. The summed E-state index contributed by atoms with van der Waals surface area (Å²) in [5.41, 5.74) is 2.71. The van der Waals surface area contributed by atoms with Gasteiger partial charge in [0.25, 0.3) is 0 Å². The van der Waals surface area contributed by atoms with E-state index < -0.39 is 0 Å². The van der Waals surface area contributed by atoms with Crippen LogP contribution < -0.4 is 10.2 Å². The Morgan fingerprint density at radius 3 is 2.65 bits per heavy atom. The van der Waals surface area contributed by atoms with Crippen LogP contribution in [0.3, 0.4) is 0 Å². The minimum atomic E-state index is 0.527. The highest BCUT2D eigenvalue weighted by Gasteiger charge is 2.12. The van der Waals surface area contributed by atoms with Crippen molar-refractivity contribution in [2.24, 2.45) is 0 Å². The highest BCUT2D eigenvalue weighted by Crippen LogP contribution is 2.18. The second-order valence-corrected chi connectivity index (χ2v) is 6.51. The molecule has 1 fully saturated rings. The SMILES string of the molecule is CC(CNCc1ccnc(N2CCCCC2)c1)c1ccccc1. The number of nitrogens with one attached hydrogen (secondary N) is 1. The molecule has 3 heteroatoms. The summed E-state index contributed by atoms with van der Waals surface area (Å²) in [6, 6.07) is 15.1. The number of hydrogen-bond donors (Lipinski definition) is 1. The van der Waals surface area contributed by atoms with E-state index in [1.807, 2.05) is 6.20 Å². The zero-order valence-electron chi connectivity index (χ0n) is 14.0. The van der Waals surface area contributed by atoms with Gasteiger partial charge in [-0.15, -0.1) is 0 Å². The fourth-order valence-corrected chi connectivity index (χ4v) is 3.20. The monoisotopic (exact) mass is 309 g/mol.